The van der Waals surface area contributed by atoms with E-state index in [1.807, 2.05) is 17.2 Å². The van der Waals surface area contributed by atoms with Crippen LogP contribution in [0.2, 0.25) is 0 Å². The fraction of sp³-hybridized carbons (Fsp3) is 0.714. The van der Waals surface area contributed by atoms with Gasteiger partial charge in [-0.05, 0) is 19.8 Å². The molecule has 5 heteroatoms. The van der Waals surface area contributed by atoms with Crippen LogP contribution in [0.1, 0.15) is 68.0 Å². The molecule has 0 radical (unpaired) electrons. The van der Waals surface area contributed by atoms with Crippen molar-refractivity contribution >= 4 is 17.2 Å². The highest BCUT2D eigenvalue weighted by Crippen LogP contribution is 2.17. The first-order valence-electron chi connectivity index (χ1n) is 7.10. The van der Waals surface area contributed by atoms with Crippen LogP contribution < -0.4 is 5.73 Å². The Morgan fingerprint density at radius 2 is 1.95 bits per heavy atom. The Balaban J connectivity index is 2.72. The van der Waals surface area contributed by atoms with Crippen molar-refractivity contribution in [3.8, 4) is 0 Å². The third kappa shape index (κ3) is 4.91. The van der Waals surface area contributed by atoms with Gasteiger partial charge < -0.3 is 10.6 Å². The standard InChI is InChI=1S/C14H25N3OS/c1-4-6-8-17(9-7-5-2)14(18)12-10-19-13(16-12)11(3)15/h10-11H,4-9,15H2,1-3H3. The van der Waals surface area contributed by atoms with Crippen LogP contribution in [0.25, 0.3) is 0 Å². The highest BCUT2D eigenvalue weighted by molar-refractivity contribution is 7.09. The van der Waals surface area contributed by atoms with Gasteiger partial charge in [-0.25, -0.2) is 4.98 Å². The minimum atomic E-state index is -0.105. The molecule has 2 N–H and O–H groups in total. The molecule has 0 aliphatic rings. The van der Waals surface area contributed by atoms with Gasteiger partial charge in [-0.1, -0.05) is 26.7 Å². The predicted octanol–water partition coefficient (Wildman–Crippen LogP) is 3.21. The van der Waals surface area contributed by atoms with E-state index in [9.17, 15) is 4.79 Å². The smallest absolute Gasteiger partial charge is 0.273 e. The Hall–Kier alpha value is -0.940. The van der Waals surface area contributed by atoms with Crippen molar-refractivity contribution in [2.45, 2.75) is 52.5 Å². The number of thiazole rings is 1. The quantitative estimate of drug-likeness (QED) is 0.797. The van der Waals surface area contributed by atoms with E-state index in [0.717, 1.165) is 43.8 Å². The van der Waals surface area contributed by atoms with Crippen LogP contribution >= 0.6 is 11.3 Å². The normalized spacial score (nSPS) is 12.4. The Morgan fingerprint density at radius 3 is 2.37 bits per heavy atom. The lowest BCUT2D eigenvalue weighted by Crippen LogP contribution is -2.33. The van der Waals surface area contributed by atoms with Crippen molar-refractivity contribution in [1.82, 2.24) is 9.88 Å². The molecule has 0 spiro atoms. The number of carbonyl (C=O) groups is 1. The number of hydrogen-bond donors (Lipinski definition) is 1. The maximum atomic E-state index is 12.4. The number of unbranched alkanes of at least 4 members (excludes halogenated alkanes) is 2. The summed E-state index contributed by atoms with van der Waals surface area (Å²) in [7, 11) is 0. The highest BCUT2D eigenvalue weighted by atomic mass is 32.1. The second-order valence-electron chi connectivity index (χ2n) is 4.86. The first-order chi connectivity index (χ1) is 9.10. The molecule has 0 aliphatic carbocycles. The van der Waals surface area contributed by atoms with E-state index in [-0.39, 0.29) is 11.9 Å². The molecule has 1 heterocycles. The maximum absolute atomic E-state index is 12.4. The lowest BCUT2D eigenvalue weighted by molar-refractivity contribution is 0.0745. The van der Waals surface area contributed by atoms with Gasteiger partial charge in [-0.2, -0.15) is 0 Å². The number of aromatic nitrogens is 1. The van der Waals surface area contributed by atoms with Crippen molar-refractivity contribution < 1.29 is 4.79 Å². The van der Waals surface area contributed by atoms with Gasteiger partial charge in [0.25, 0.3) is 5.91 Å². The highest BCUT2D eigenvalue weighted by Gasteiger charge is 2.18. The summed E-state index contributed by atoms with van der Waals surface area (Å²) in [5.41, 5.74) is 6.33. The van der Waals surface area contributed by atoms with Gasteiger partial charge in [-0.15, -0.1) is 11.3 Å². The first-order valence-corrected chi connectivity index (χ1v) is 7.98. The molecule has 4 nitrogen and oxygen atoms in total. The number of hydrogen-bond acceptors (Lipinski definition) is 4. The van der Waals surface area contributed by atoms with Gasteiger partial charge >= 0.3 is 0 Å². The van der Waals surface area contributed by atoms with Crippen LogP contribution in [0.3, 0.4) is 0 Å². The average Bonchev–Trinajstić information content (AvgIpc) is 2.88. The fourth-order valence-electron chi connectivity index (χ4n) is 1.77. The zero-order chi connectivity index (χ0) is 14.3. The number of carbonyl (C=O) groups excluding carboxylic acids is 1. The van der Waals surface area contributed by atoms with E-state index >= 15 is 0 Å². The number of nitrogens with zero attached hydrogens (tertiary/aromatic N) is 2. The molecule has 19 heavy (non-hydrogen) atoms. The van der Waals surface area contributed by atoms with Crippen LogP contribution in [0, 0.1) is 0 Å². The van der Waals surface area contributed by atoms with Gasteiger partial charge in [0, 0.05) is 18.5 Å². The van der Waals surface area contributed by atoms with Crippen LogP contribution in [-0.4, -0.2) is 28.9 Å². The second-order valence-corrected chi connectivity index (χ2v) is 5.75. The predicted molar refractivity (Wildman–Crippen MR) is 80.4 cm³/mol. The van der Waals surface area contributed by atoms with Gasteiger partial charge in [-0.3, -0.25) is 4.79 Å². The minimum Gasteiger partial charge on any atom is -0.337 e. The molecule has 1 atom stereocenters. The number of amides is 1. The SMILES string of the molecule is CCCCN(CCCC)C(=O)c1csc(C(C)N)n1. The van der Waals surface area contributed by atoms with Gasteiger partial charge in [0.05, 0.1) is 6.04 Å². The van der Waals surface area contributed by atoms with Crippen LogP contribution in [0.15, 0.2) is 5.38 Å². The average molecular weight is 283 g/mol. The summed E-state index contributed by atoms with van der Waals surface area (Å²) in [5, 5.41) is 2.65. The Labute approximate surface area is 120 Å². The number of rotatable bonds is 8. The van der Waals surface area contributed by atoms with Gasteiger partial charge in [0.15, 0.2) is 0 Å². The molecule has 1 unspecified atom stereocenters. The molecule has 1 aromatic heterocycles. The van der Waals surface area contributed by atoms with Crippen molar-refractivity contribution in [2.24, 2.45) is 5.73 Å². The van der Waals surface area contributed by atoms with Crippen molar-refractivity contribution in [1.29, 1.82) is 0 Å². The molecule has 1 aromatic rings. The summed E-state index contributed by atoms with van der Waals surface area (Å²) in [6, 6.07) is -0.105. The van der Waals surface area contributed by atoms with Crippen molar-refractivity contribution in [2.75, 3.05) is 13.1 Å². The summed E-state index contributed by atoms with van der Waals surface area (Å²) >= 11 is 1.47. The van der Waals surface area contributed by atoms with Crippen LogP contribution in [0.4, 0.5) is 0 Å². The largest absolute Gasteiger partial charge is 0.337 e. The summed E-state index contributed by atoms with van der Waals surface area (Å²) in [6.45, 7) is 7.80. The second kappa shape index (κ2) is 8.27. The van der Waals surface area contributed by atoms with Crippen molar-refractivity contribution in [3.63, 3.8) is 0 Å². The fourth-order valence-corrected chi connectivity index (χ4v) is 2.52. The molecule has 0 aromatic carbocycles. The Bertz CT molecular complexity index is 382. The zero-order valence-corrected chi connectivity index (χ0v) is 13.0. The molecule has 1 rings (SSSR count). The van der Waals surface area contributed by atoms with E-state index in [2.05, 4.69) is 18.8 Å². The molecule has 0 saturated carbocycles. The summed E-state index contributed by atoms with van der Waals surface area (Å²) in [6.07, 6.45) is 4.27. The lowest BCUT2D eigenvalue weighted by atomic mass is 10.2. The molecule has 0 aliphatic heterocycles. The zero-order valence-electron chi connectivity index (χ0n) is 12.2. The molecular weight excluding hydrogens is 258 g/mol. The minimum absolute atomic E-state index is 0.0463. The summed E-state index contributed by atoms with van der Waals surface area (Å²) in [4.78, 5) is 18.7. The molecule has 1 amide bonds. The molecule has 0 saturated heterocycles. The van der Waals surface area contributed by atoms with Gasteiger partial charge in [0.1, 0.15) is 10.7 Å². The third-order valence-electron chi connectivity index (χ3n) is 2.98. The summed E-state index contributed by atoms with van der Waals surface area (Å²) in [5.74, 6) is 0.0463. The Kier molecular flexibility index (Phi) is 7.02. The van der Waals surface area contributed by atoms with Crippen molar-refractivity contribution in [3.05, 3.63) is 16.1 Å². The topological polar surface area (TPSA) is 59.2 Å². The molecule has 108 valence electrons. The Morgan fingerprint density at radius 1 is 1.37 bits per heavy atom. The van der Waals surface area contributed by atoms with E-state index in [4.69, 9.17) is 5.73 Å². The molecule has 0 bridgehead atoms. The first kappa shape index (κ1) is 16.1. The lowest BCUT2D eigenvalue weighted by Gasteiger charge is -2.21. The number of nitrogens with two attached hydrogens (primary N) is 1. The summed E-state index contributed by atoms with van der Waals surface area (Å²) < 4.78 is 0. The molecule has 0 fully saturated rings. The van der Waals surface area contributed by atoms with E-state index < -0.39 is 0 Å². The van der Waals surface area contributed by atoms with Crippen LogP contribution in [0.5, 0.6) is 0 Å². The maximum Gasteiger partial charge on any atom is 0.273 e. The van der Waals surface area contributed by atoms with E-state index in [0.29, 0.717) is 5.69 Å². The monoisotopic (exact) mass is 283 g/mol. The van der Waals surface area contributed by atoms with E-state index in [1.165, 1.54) is 11.3 Å². The van der Waals surface area contributed by atoms with Crippen LogP contribution in [-0.2, 0) is 0 Å². The molecular formula is C14H25N3OS. The third-order valence-corrected chi connectivity index (χ3v) is 4.03. The van der Waals surface area contributed by atoms with Gasteiger partial charge in [0.2, 0.25) is 0 Å². The van der Waals surface area contributed by atoms with E-state index in [1.54, 1.807) is 0 Å².